The largest absolute Gasteiger partial charge is 0.208 e. The van der Waals surface area contributed by atoms with Crippen LogP contribution in [0.2, 0.25) is 0 Å². The Morgan fingerprint density at radius 3 is 1.69 bits per heavy atom. The molecular weight excluding hydrogens is 707 g/mol. The van der Waals surface area contributed by atoms with Crippen molar-refractivity contribution in [3.05, 3.63) is 174 Å². The van der Waals surface area contributed by atoms with Crippen molar-refractivity contribution in [2.45, 2.75) is 49.4 Å². The molecule has 0 aliphatic heterocycles. The van der Waals surface area contributed by atoms with Crippen molar-refractivity contribution in [1.29, 1.82) is 10.5 Å². The molecule has 58 heavy (non-hydrogen) atoms. The maximum absolute atomic E-state index is 9.72. The van der Waals surface area contributed by atoms with E-state index in [1.165, 1.54) is 66.0 Å². The first kappa shape index (κ1) is 34.3. The van der Waals surface area contributed by atoms with Crippen molar-refractivity contribution in [3.8, 4) is 57.4 Å². The third-order valence-electron chi connectivity index (χ3n) is 13.6. The summed E-state index contributed by atoms with van der Waals surface area (Å²) in [6.07, 6.45) is 7.59. The lowest BCUT2D eigenvalue weighted by molar-refractivity contribution is -0.0280. The minimum absolute atomic E-state index is 0.153. The smallest absolute Gasteiger partial charge is 0.164 e. The molecule has 4 saturated carbocycles. The summed E-state index contributed by atoms with van der Waals surface area (Å²) >= 11 is 0. The highest BCUT2D eigenvalue weighted by atomic mass is 15.0. The van der Waals surface area contributed by atoms with Gasteiger partial charge in [0.2, 0.25) is 0 Å². The highest BCUT2D eigenvalue weighted by Crippen LogP contribution is 2.66. The summed E-state index contributed by atoms with van der Waals surface area (Å²) in [5, 5.41) is 23.7. The summed E-state index contributed by atoms with van der Waals surface area (Å²) in [7, 11) is 0. The lowest BCUT2D eigenvalue weighted by Crippen LogP contribution is -2.55. The molecule has 4 aliphatic rings. The number of rotatable bonds is 6. The zero-order valence-corrected chi connectivity index (χ0v) is 32.1. The Labute approximate surface area is 338 Å². The van der Waals surface area contributed by atoms with Crippen LogP contribution in [-0.2, 0) is 10.8 Å². The highest BCUT2D eigenvalue weighted by Gasteiger charge is 2.58. The van der Waals surface area contributed by atoms with Crippen LogP contribution in [0.15, 0.2) is 152 Å². The van der Waals surface area contributed by atoms with E-state index in [0.717, 1.165) is 44.9 Å². The van der Waals surface area contributed by atoms with Crippen LogP contribution in [-0.4, -0.2) is 15.0 Å². The lowest BCUT2D eigenvalue weighted by atomic mass is 9.41. The maximum atomic E-state index is 9.72. The second-order valence-corrected chi connectivity index (χ2v) is 17.1. The normalized spacial score (nSPS) is 21.8. The van der Waals surface area contributed by atoms with Gasteiger partial charge in [0.05, 0.1) is 23.3 Å². The van der Waals surface area contributed by atoms with Crippen LogP contribution in [0, 0.1) is 34.5 Å². The van der Waals surface area contributed by atoms with Gasteiger partial charge in [-0.05, 0) is 136 Å². The van der Waals surface area contributed by atoms with E-state index in [-0.39, 0.29) is 10.8 Å². The van der Waals surface area contributed by atoms with Crippen molar-refractivity contribution < 1.29 is 0 Å². The monoisotopic (exact) mass is 745 g/mol. The van der Waals surface area contributed by atoms with Gasteiger partial charge in [-0.25, -0.2) is 15.0 Å². The highest BCUT2D eigenvalue weighted by molar-refractivity contribution is 6.01. The fourth-order valence-corrected chi connectivity index (χ4v) is 11.4. The molecule has 4 aliphatic carbocycles. The molecule has 12 rings (SSSR count). The predicted octanol–water partition coefficient (Wildman–Crippen LogP) is 12.4. The number of nitriles is 2. The molecule has 4 bridgehead atoms. The van der Waals surface area contributed by atoms with Crippen molar-refractivity contribution in [2.24, 2.45) is 11.8 Å². The molecule has 5 heteroatoms. The maximum Gasteiger partial charge on any atom is 0.164 e. The van der Waals surface area contributed by atoms with E-state index >= 15 is 0 Å². The first-order chi connectivity index (χ1) is 28.5. The SMILES string of the molecule is N#Cc1ccc(-c2nc(-c3ccccc3)nc(-c3ccc(C45CC6CC(C4)CC(c4ccc7cc(-c8cccc9c(C#N)cccc89)ccc7c4)(C6)C5)cc3)n2)cc1. The molecule has 8 aromatic rings. The van der Waals surface area contributed by atoms with Crippen LogP contribution in [0.1, 0.15) is 60.8 Å². The average Bonchev–Trinajstić information content (AvgIpc) is 3.28. The Morgan fingerprint density at radius 2 is 1.02 bits per heavy atom. The van der Waals surface area contributed by atoms with Gasteiger partial charge in [-0.2, -0.15) is 10.5 Å². The van der Waals surface area contributed by atoms with Crippen LogP contribution in [0.25, 0.3) is 66.8 Å². The summed E-state index contributed by atoms with van der Waals surface area (Å²) in [5.74, 6) is 3.33. The molecule has 0 amide bonds. The zero-order valence-electron chi connectivity index (χ0n) is 32.1. The number of aromatic nitrogens is 3. The minimum atomic E-state index is 0.153. The van der Waals surface area contributed by atoms with Crippen molar-refractivity contribution in [2.75, 3.05) is 0 Å². The predicted molar refractivity (Wildman–Crippen MR) is 230 cm³/mol. The second kappa shape index (κ2) is 13.3. The second-order valence-electron chi connectivity index (χ2n) is 17.1. The van der Waals surface area contributed by atoms with E-state index in [4.69, 9.17) is 15.0 Å². The molecule has 1 aromatic heterocycles. The number of nitrogens with zero attached hydrogens (tertiary/aromatic N) is 5. The minimum Gasteiger partial charge on any atom is -0.208 e. The average molecular weight is 746 g/mol. The van der Waals surface area contributed by atoms with Crippen LogP contribution < -0.4 is 0 Å². The van der Waals surface area contributed by atoms with E-state index < -0.39 is 0 Å². The summed E-state index contributed by atoms with van der Waals surface area (Å²) in [6, 6.07) is 57.6. The Balaban J connectivity index is 0.920. The molecule has 7 aromatic carbocycles. The van der Waals surface area contributed by atoms with E-state index in [1.807, 2.05) is 72.8 Å². The van der Waals surface area contributed by atoms with Gasteiger partial charge >= 0.3 is 0 Å². The van der Waals surface area contributed by atoms with Crippen molar-refractivity contribution in [3.63, 3.8) is 0 Å². The third kappa shape index (κ3) is 5.69. The first-order valence-corrected chi connectivity index (χ1v) is 20.4. The quantitative estimate of drug-likeness (QED) is 0.169. The van der Waals surface area contributed by atoms with E-state index in [9.17, 15) is 10.5 Å². The number of hydrogen-bond donors (Lipinski definition) is 0. The zero-order chi connectivity index (χ0) is 38.8. The standard InChI is InChI=1S/C53H39N5/c54-31-34-12-14-38(15-13-34)50-56-49(37-6-2-1-3-7-37)57-51(58-50)39-18-21-44(22-19-39)52-27-35-24-36(28-52)30-53(29-35,33-52)45-23-20-40-25-42(17-16-41(40)26-45)46-9-5-10-47-43(32-55)8-4-11-48(46)47/h1-23,25-26,35-36H,24,27-30,33H2. The van der Waals surface area contributed by atoms with Gasteiger partial charge in [-0.15, -0.1) is 0 Å². The molecule has 5 nitrogen and oxygen atoms in total. The summed E-state index contributed by atoms with van der Waals surface area (Å²) < 4.78 is 0. The fourth-order valence-electron chi connectivity index (χ4n) is 11.4. The van der Waals surface area contributed by atoms with Gasteiger partial charge in [0, 0.05) is 22.1 Å². The fraction of sp³-hybridized carbons (Fsp3) is 0.189. The molecule has 1 heterocycles. The molecule has 0 saturated heterocycles. The van der Waals surface area contributed by atoms with Gasteiger partial charge in [-0.3, -0.25) is 0 Å². The summed E-state index contributed by atoms with van der Waals surface area (Å²) in [4.78, 5) is 14.8. The van der Waals surface area contributed by atoms with E-state index in [2.05, 4.69) is 91.0 Å². The van der Waals surface area contributed by atoms with Gasteiger partial charge in [0.15, 0.2) is 17.5 Å². The van der Waals surface area contributed by atoms with Crippen LogP contribution in [0.3, 0.4) is 0 Å². The number of hydrogen-bond acceptors (Lipinski definition) is 5. The Bertz CT molecular complexity index is 2980. The van der Waals surface area contributed by atoms with E-state index in [0.29, 0.717) is 28.6 Å². The molecular formula is C53H39N5. The van der Waals surface area contributed by atoms with Gasteiger partial charge in [0.25, 0.3) is 0 Å². The molecule has 0 spiro atoms. The van der Waals surface area contributed by atoms with Gasteiger partial charge in [-0.1, -0.05) is 115 Å². The Hall–Kier alpha value is -6.95. The van der Waals surface area contributed by atoms with Gasteiger partial charge in [0.1, 0.15) is 0 Å². The third-order valence-corrected chi connectivity index (χ3v) is 13.6. The van der Waals surface area contributed by atoms with Crippen molar-refractivity contribution in [1.82, 2.24) is 15.0 Å². The van der Waals surface area contributed by atoms with Crippen LogP contribution in [0.5, 0.6) is 0 Å². The molecule has 4 fully saturated rings. The molecule has 0 radical (unpaired) electrons. The Morgan fingerprint density at radius 1 is 0.466 bits per heavy atom. The lowest BCUT2D eigenvalue weighted by Gasteiger charge is -2.63. The van der Waals surface area contributed by atoms with Crippen LogP contribution in [0.4, 0.5) is 0 Å². The molecule has 0 N–H and O–H groups in total. The first-order valence-electron chi connectivity index (χ1n) is 20.4. The molecule has 276 valence electrons. The molecule has 2 unspecified atom stereocenters. The summed E-state index contributed by atoms with van der Waals surface area (Å²) in [6.45, 7) is 0. The number of benzene rings is 7. The van der Waals surface area contributed by atoms with E-state index in [1.54, 1.807) is 0 Å². The summed E-state index contributed by atoms with van der Waals surface area (Å²) in [5.41, 5.74) is 9.69. The van der Waals surface area contributed by atoms with Gasteiger partial charge < -0.3 is 0 Å². The van der Waals surface area contributed by atoms with Crippen LogP contribution >= 0.6 is 0 Å². The number of fused-ring (bicyclic) bond motifs is 2. The molecule has 2 atom stereocenters. The topological polar surface area (TPSA) is 86.2 Å². The Kier molecular flexibility index (Phi) is 7.88. The van der Waals surface area contributed by atoms with Crippen molar-refractivity contribution >= 4 is 21.5 Å².